The summed E-state index contributed by atoms with van der Waals surface area (Å²) in [5.41, 5.74) is 4.56. The summed E-state index contributed by atoms with van der Waals surface area (Å²) in [5, 5.41) is 10.4. The number of rotatable bonds is 2. The van der Waals surface area contributed by atoms with Gasteiger partial charge in [-0.05, 0) is 112 Å². The predicted molar refractivity (Wildman–Crippen MR) is 160 cm³/mol. The van der Waals surface area contributed by atoms with Crippen molar-refractivity contribution in [3.05, 3.63) is 47.0 Å². The summed E-state index contributed by atoms with van der Waals surface area (Å²) < 4.78 is 13.1. The lowest BCUT2D eigenvalue weighted by Gasteiger charge is -2.53. The Morgan fingerprint density at radius 3 is 2.71 bits per heavy atom. The van der Waals surface area contributed by atoms with Crippen LogP contribution in [0.3, 0.4) is 0 Å². The maximum atomic E-state index is 13.5. The van der Waals surface area contributed by atoms with Gasteiger partial charge in [-0.3, -0.25) is 0 Å². The number of piperidine rings is 1. The third kappa shape index (κ3) is 4.60. The van der Waals surface area contributed by atoms with Crippen molar-refractivity contribution in [2.24, 2.45) is 40.9 Å². The highest BCUT2D eigenvalue weighted by Crippen LogP contribution is 2.65. The number of carbonyl (C=O) groups is 1. The van der Waals surface area contributed by atoms with Gasteiger partial charge in [0.25, 0.3) is 0 Å². The van der Waals surface area contributed by atoms with Crippen LogP contribution in [0.15, 0.2) is 41.5 Å². The molecule has 5 nitrogen and oxygen atoms in total. The van der Waals surface area contributed by atoms with E-state index in [2.05, 4.69) is 27.7 Å². The number of hydrogen-bond donors (Lipinski definition) is 1. The van der Waals surface area contributed by atoms with Gasteiger partial charge in [0.05, 0.1) is 23.9 Å². The summed E-state index contributed by atoms with van der Waals surface area (Å²) in [6, 6.07) is 10.1. The number of aliphatic hydroxyl groups excluding tert-OH is 1. The van der Waals surface area contributed by atoms with Crippen molar-refractivity contribution < 1.29 is 19.4 Å². The van der Waals surface area contributed by atoms with Crippen LogP contribution in [0.4, 0.5) is 4.79 Å². The lowest BCUT2D eigenvalue weighted by Crippen LogP contribution is -2.54. The molecular formula is C36H51NO4. The number of fused-ring (bicyclic) bond motifs is 6. The maximum Gasteiger partial charge on any atom is 0.410 e. The zero-order valence-electron chi connectivity index (χ0n) is 25.7. The predicted octanol–water partition coefficient (Wildman–Crippen LogP) is 7.52. The second kappa shape index (κ2) is 10.4. The van der Waals surface area contributed by atoms with Crippen LogP contribution in [0, 0.1) is 40.9 Å². The summed E-state index contributed by atoms with van der Waals surface area (Å²) in [7, 11) is 0. The molecule has 2 aliphatic heterocycles. The highest BCUT2D eigenvalue weighted by Gasteiger charge is 2.60. The highest BCUT2D eigenvalue weighted by molar-refractivity contribution is 5.68. The molecule has 4 aliphatic carbocycles. The third-order valence-corrected chi connectivity index (χ3v) is 13.2. The average Bonchev–Trinajstić information content (AvgIpc) is 3.42. The lowest BCUT2D eigenvalue weighted by atomic mass is 9.52. The zero-order chi connectivity index (χ0) is 28.5. The Kier molecular flexibility index (Phi) is 7.09. The number of likely N-dealkylation sites (tertiary alicyclic amines) is 1. The van der Waals surface area contributed by atoms with E-state index in [0.29, 0.717) is 29.8 Å². The van der Waals surface area contributed by atoms with Gasteiger partial charge in [0.15, 0.2) is 0 Å². The van der Waals surface area contributed by atoms with Crippen molar-refractivity contribution in [3.8, 4) is 0 Å². The Morgan fingerprint density at radius 1 is 1.10 bits per heavy atom. The van der Waals surface area contributed by atoms with Crippen LogP contribution >= 0.6 is 0 Å². The number of aliphatic hydroxyl groups is 1. The molecule has 1 aromatic rings. The van der Waals surface area contributed by atoms with Crippen LogP contribution in [-0.2, 0) is 16.1 Å². The van der Waals surface area contributed by atoms with Gasteiger partial charge in [0.1, 0.15) is 6.61 Å². The fraction of sp³-hybridized carbons (Fsp3) is 0.750. The molecule has 1 amide bonds. The Morgan fingerprint density at radius 2 is 1.90 bits per heavy atom. The summed E-state index contributed by atoms with van der Waals surface area (Å²) in [5.74, 6) is 3.63. The van der Waals surface area contributed by atoms with Crippen molar-refractivity contribution in [1.29, 1.82) is 0 Å². The number of benzene rings is 1. The molecular weight excluding hydrogens is 510 g/mol. The molecule has 1 aromatic carbocycles. The largest absolute Gasteiger partial charge is 0.445 e. The van der Waals surface area contributed by atoms with Crippen LogP contribution in [0.1, 0.15) is 97.5 Å². The molecule has 0 aromatic heterocycles. The molecule has 1 spiro atoms. The van der Waals surface area contributed by atoms with E-state index in [0.717, 1.165) is 56.0 Å². The minimum Gasteiger partial charge on any atom is -0.445 e. The molecule has 2 saturated heterocycles. The van der Waals surface area contributed by atoms with Crippen molar-refractivity contribution in [1.82, 2.24) is 4.90 Å². The molecule has 3 saturated carbocycles. The van der Waals surface area contributed by atoms with Gasteiger partial charge in [-0.25, -0.2) is 4.79 Å². The molecule has 1 N–H and O–H groups in total. The standard InChI is InChI=1S/C36H51NO4/c1-22-16-32-33(37(20-22)34(39)40-21-25-8-6-5-7-9-25)24(3)36(41-32)15-13-28-29-11-10-26-17-27(38)12-14-35(26,4)31(29)18-30(28)23(2)19-36/h5-9,22,24,26-29,31-33,38H,10-21H2,1-4H3/t22-,24+,26+,27-,28-,29-,31-,32+,33-,35-,36-/m0/s1. The van der Waals surface area contributed by atoms with Crippen LogP contribution in [0.2, 0.25) is 0 Å². The minimum absolute atomic E-state index is 0.0836. The molecule has 5 fully saturated rings. The number of amides is 1. The van der Waals surface area contributed by atoms with Gasteiger partial charge in [-0.1, -0.05) is 62.2 Å². The molecule has 6 aliphatic rings. The Labute approximate surface area is 247 Å². The number of ether oxygens (including phenoxy) is 2. The molecule has 0 unspecified atom stereocenters. The lowest BCUT2D eigenvalue weighted by molar-refractivity contribution is -0.0832. The minimum atomic E-state index is -0.190. The van der Waals surface area contributed by atoms with Crippen molar-refractivity contribution in [3.63, 3.8) is 0 Å². The van der Waals surface area contributed by atoms with E-state index in [1.54, 1.807) is 11.1 Å². The van der Waals surface area contributed by atoms with E-state index < -0.39 is 0 Å². The van der Waals surface area contributed by atoms with Crippen LogP contribution in [-0.4, -0.2) is 46.5 Å². The molecule has 5 heteroatoms. The quantitative estimate of drug-likeness (QED) is 0.380. The molecule has 11 atom stereocenters. The number of hydrogen-bond acceptors (Lipinski definition) is 4. The van der Waals surface area contributed by atoms with Crippen LogP contribution in [0.25, 0.3) is 0 Å². The summed E-state index contributed by atoms with van der Waals surface area (Å²) in [6.45, 7) is 10.7. The average molecular weight is 562 g/mol. The molecule has 224 valence electrons. The summed E-state index contributed by atoms with van der Waals surface area (Å²) in [6.07, 6.45) is 11.2. The Balaban J connectivity index is 1.11. The fourth-order valence-corrected chi connectivity index (χ4v) is 11.0. The summed E-state index contributed by atoms with van der Waals surface area (Å²) >= 11 is 0. The first-order valence-corrected chi connectivity index (χ1v) is 16.7. The van der Waals surface area contributed by atoms with Gasteiger partial charge in [0, 0.05) is 12.5 Å². The van der Waals surface area contributed by atoms with E-state index in [9.17, 15) is 9.90 Å². The second-order valence-corrected chi connectivity index (χ2v) is 15.3. The van der Waals surface area contributed by atoms with Crippen molar-refractivity contribution in [2.75, 3.05) is 6.54 Å². The normalized spacial score (nSPS) is 45.5. The number of carbonyl (C=O) groups excluding carboxylic acids is 1. The van der Waals surface area contributed by atoms with E-state index in [1.807, 2.05) is 35.2 Å². The summed E-state index contributed by atoms with van der Waals surface area (Å²) in [4.78, 5) is 15.5. The van der Waals surface area contributed by atoms with E-state index in [-0.39, 0.29) is 35.9 Å². The molecule has 7 rings (SSSR count). The van der Waals surface area contributed by atoms with Gasteiger partial charge < -0.3 is 19.5 Å². The van der Waals surface area contributed by atoms with Gasteiger partial charge >= 0.3 is 6.09 Å². The Hall–Kier alpha value is -1.85. The SMILES string of the molecule is CC1=C2C[C@H]3[C@@H](CC[C@@H]4C[C@@H](O)CC[C@@]43C)[C@@H]2CC[C@@]2(C1)O[C@@H]1C[C@H](C)CN(C(=O)OCc3ccccc3)[C@H]1[C@H]2C. The second-order valence-electron chi connectivity index (χ2n) is 15.3. The van der Waals surface area contributed by atoms with Crippen molar-refractivity contribution in [2.45, 2.75) is 122 Å². The van der Waals surface area contributed by atoms with E-state index >= 15 is 0 Å². The molecule has 41 heavy (non-hydrogen) atoms. The van der Waals surface area contributed by atoms with Gasteiger partial charge in [0.2, 0.25) is 0 Å². The molecule has 0 bridgehead atoms. The smallest absolute Gasteiger partial charge is 0.410 e. The Bertz CT molecular complexity index is 1180. The first kappa shape index (κ1) is 28.0. The van der Waals surface area contributed by atoms with Gasteiger partial charge in [-0.2, -0.15) is 0 Å². The first-order chi connectivity index (χ1) is 19.7. The molecule has 2 heterocycles. The third-order valence-electron chi connectivity index (χ3n) is 13.2. The van der Waals surface area contributed by atoms with Gasteiger partial charge in [-0.15, -0.1) is 0 Å². The van der Waals surface area contributed by atoms with Crippen molar-refractivity contribution >= 4 is 6.09 Å². The van der Waals surface area contributed by atoms with E-state index in [1.165, 1.54) is 32.1 Å². The maximum absolute atomic E-state index is 13.5. The van der Waals surface area contributed by atoms with Crippen LogP contribution in [0.5, 0.6) is 0 Å². The number of nitrogens with zero attached hydrogens (tertiary/aromatic N) is 1. The number of allylic oxidation sites excluding steroid dienone is 1. The van der Waals surface area contributed by atoms with E-state index in [4.69, 9.17) is 9.47 Å². The molecule has 0 radical (unpaired) electrons. The fourth-order valence-electron chi connectivity index (χ4n) is 11.0. The first-order valence-electron chi connectivity index (χ1n) is 16.7. The van der Waals surface area contributed by atoms with Crippen LogP contribution < -0.4 is 0 Å². The topological polar surface area (TPSA) is 59.0 Å². The highest BCUT2D eigenvalue weighted by atomic mass is 16.6. The zero-order valence-corrected chi connectivity index (χ0v) is 25.7. The monoisotopic (exact) mass is 561 g/mol.